The van der Waals surface area contributed by atoms with E-state index in [0.29, 0.717) is 0 Å². The number of hydrogen-bond donors (Lipinski definition) is 2. The molecule has 0 aromatic rings. The van der Waals surface area contributed by atoms with E-state index >= 15 is 0 Å². The van der Waals surface area contributed by atoms with Crippen molar-refractivity contribution in [2.75, 3.05) is 19.6 Å². The standard InChI is InChI=1S/C13H27N3.HI/c1-4-14-13(16-10-12-7-8-12)15-9-5-6-11(2)3;/h11-12H,4-10H2,1-3H3,(H2,14,15,16);1H. The lowest BCUT2D eigenvalue weighted by Gasteiger charge is -2.11. The molecular weight excluding hydrogens is 325 g/mol. The van der Waals surface area contributed by atoms with E-state index in [9.17, 15) is 0 Å². The van der Waals surface area contributed by atoms with Gasteiger partial charge in [0.2, 0.25) is 0 Å². The molecule has 0 aromatic carbocycles. The van der Waals surface area contributed by atoms with E-state index in [0.717, 1.165) is 37.4 Å². The van der Waals surface area contributed by atoms with Crippen molar-refractivity contribution in [3.63, 3.8) is 0 Å². The Morgan fingerprint density at radius 3 is 2.53 bits per heavy atom. The van der Waals surface area contributed by atoms with Crippen molar-refractivity contribution in [2.45, 2.75) is 46.5 Å². The van der Waals surface area contributed by atoms with E-state index in [1.54, 1.807) is 0 Å². The van der Waals surface area contributed by atoms with Gasteiger partial charge in [-0.05, 0) is 44.4 Å². The van der Waals surface area contributed by atoms with E-state index in [1.165, 1.54) is 25.7 Å². The molecule has 3 nitrogen and oxygen atoms in total. The molecule has 0 amide bonds. The van der Waals surface area contributed by atoms with Crippen LogP contribution in [0.25, 0.3) is 0 Å². The van der Waals surface area contributed by atoms with Crippen LogP contribution in [0.5, 0.6) is 0 Å². The first-order valence-corrected chi connectivity index (χ1v) is 6.74. The zero-order valence-corrected chi connectivity index (χ0v) is 13.8. The highest BCUT2D eigenvalue weighted by atomic mass is 127. The Hall–Kier alpha value is 0. The number of nitrogens with one attached hydrogen (secondary N) is 2. The molecule has 1 fully saturated rings. The Kier molecular flexibility index (Phi) is 9.97. The zero-order chi connectivity index (χ0) is 11.8. The second-order valence-electron chi connectivity index (χ2n) is 5.13. The van der Waals surface area contributed by atoms with Crippen molar-refractivity contribution >= 4 is 29.9 Å². The first-order chi connectivity index (χ1) is 7.72. The van der Waals surface area contributed by atoms with Gasteiger partial charge < -0.3 is 10.6 Å². The zero-order valence-electron chi connectivity index (χ0n) is 11.5. The van der Waals surface area contributed by atoms with Crippen LogP contribution in [0.4, 0.5) is 0 Å². The summed E-state index contributed by atoms with van der Waals surface area (Å²) in [5.74, 6) is 2.66. The van der Waals surface area contributed by atoms with Gasteiger partial charge in [-0.15, -0.1) is 24.0 Å². The van der Waals surface area contributed by atoms with Crippen LogP contribution in [0, 0.1) is 11.8 Å². The summed E-state index contributed by atoms with van der Waals surface area (Å²) < 4.78 is 0. The first-order valence-electron chi connectivity index (χ1n) is 6.74. The van der Waals surface area contributed by atoms with E-state index in [-0.39, 0.29) is 24.0 Å². The van der Waals surface area contributed by atoms with Crippen LogP contribution in [0.15, 0.2) is 4.99 Å². The van der Waals surface area contributed by atoms with Gasteiger partial charge >= 0.3 is 0 Å². The molecule has 102 valence electrons. The third-order valence-electron chi connectivity index (χ3n) is 2.80. The fraction of sp³-hybridized carbons (Fsp3) is 0.923. The molecule has 1 aliphatic rings. The lowest BCUT2D eigenvalue weighted by atomic mass is 10.1. The molecule has 0 aromatic heterocycles. The summed E-state index contributed by atoms with van der Waals surface area (Å²) in [6.07, 6.45) is 5.26. The highest BCUT2D eigenvalue weighted by Gasteiger charge is 2.20. The highest BCUT2D eigenvalue weighted by molar-refractivity contribution is 14.0. The van der Waals surface area contributed by atoms with Crippen LogP contribution in [0.1, 0.15) is 46.5 Å². The minimum Gasteiger partial charge on any atom is -0.357 e. The maximum atomic E-state index is 4.59. The van der Waals surface area contributed by atoms with E-state index < -0.39 is 0 Å². The van der Waals surface area contributed by atoms with Gasteiger partial charge in [0.15, 0.2) is 5.96 Å². The number of nitrogens with zero attached hydrogens (tertiary/aromatic N) is 1. The largest absolute Gasteiger partial charge is 0.357 e. The van der Waals surface area contributed by atoms with Gasteiger partial charge in [-0.2, -0.15) is 0 Å². The second kappa shape index (κ2) is 9.97. The molecule has 0 atom stereocenters. The summed E-state index contributed by atoms with van der Waals surface area (Å²) in [5, 5.41) is 6.69. The average Bonchev–Trinajstić information content (AvgIpc) is 3.04. The lowest BCUT2D eigenvalue weighted by molar-refractivity contribution is 0.549. The first kappa shape index (κ1) is 17.0. The molecule has 4 heteroatoms. The van der Waals surface area contributed by atoms with Gasteiger partial charge in [-0.25, -0.2) is 0 Å². The molecule has 0 bridgehead atoms. The monoisotopic (exact) mass is 353 g/mol. The predicted molar refractivity (Wildman–Crippen MR) is 86.2 cm³/mol. The minimum absolute atomic E-state index is 0. The Morgan fingerprint density at radius 1 is 1.29 bits per heavy atom. The second-order valence-corrected chi connectivity index (χ2v) is 5.13. The van der Waals surface area contributed by atoms with Gasteiger partial charge in [0.25, 0.3) is 0 Å². The summed E-state index contributed by atoms with van der Waals surface area (Å²) >= 11 is 0. The quantitative estimate of drug-likeness (QED) is 0.320. The van der Waals surface area contributed by atoms with E-state index in [2.05, 4.69) is 36.4 Å². The third-order valence-corrected chi connectivity index (χ3v) is 2.80. The maximum Gasteiger partial charge on any atom is 0.191 e. The molecule has 0 spiro atoms. The SMILES string of the molecule is CCNC(=NCC1CC1)NCCCC(C)C.I. The van der Waals surface area contributed by atoms with Crippen molar-refractivity contribution in [3.8, 4) is 0 Å². The maximum absolute atomic E-state index is 4.59. The van der Waals surface area contributed by atoms with E-state index in [4.69, 9.17) is 0 Å². The molecule has 1 saturated carbocycles. The number of hydrogen-bond acceptors (Lipinski definition) is 1. The molecule has 0 saturated heterocycles. The molecule has 1 rings (SSSR count). The Labute approximate surface area is 123 Å². The van der Waals surface area contributed by atoms with Crippen LogP contribution in [-0.4, -0.2) is 25.6 Å². The summed E-state index contributed by atoms with van der Waals surface area (Å²) in [7, 11) is 0. The molecule has 2 N–H and O–H groups in total. The van der Waals surface area contributed by atoms with Gasteiger partial charge in [-0.3, -0.25) is 4.99 Å². The van der Waals surface area contributed by atoms with Crippen LogP contribution < -0.4 is 10.6 Å². The van der Waals surface area contributed by atoms with Crippen molar-refractivity contribution < 1.29 is 0 Å². The summed E-state index contributed by atoms with van der Waals surface area (Å²) in [6.45, 7) is 9.64. The Balaban J connectivity index is 0.00000256. The Bertz CT molecular complexity index is 213. The van der Waals surface area contributed by atoms with E-state index in [1.807, 2.05) is 0 Å². The van der Waals surface area contributed by atoms with Gasteiger partial charge in [0, 0.05) is 19.6 Å². The van der Waals surface area contributed by atoms with Crippen molar-refractivity contribution in [2.24, 2.45) is 16.8 Å². The third kappa shape index (κ3) is 9.68. The number of rotatable bonds is 7. The summed E-state index contributed by atoms with van der Waals surface area (Å²) in [5.41, 5.74) is 0. The molecule has 17 heavy (non-hydrogen) atoms. The summed E-state index contributed by atoms with van der Waals surface area (Å²) in [6, 6.07) is 0. The van der Waals surface area contributed by atoms with Crippen molar-refractivity contribution in [1.29, 1.82) is 0 Å². The van der Waals surface area contributed by atoms with Crippen LogP contribution in [-0.2, 0) is 0 Å². The molecule has 0 radical (unpaired) electrons. The molecule has 0 heterocycles. The smallest absolute Gasteiger partial charge is 0.191 e. The highest BCUT2D eigenvalue weighted by Crippen LogP contribution is 2.28. The topological polar surface area (TPSA) is 36.4 Å². The van der Waals surface area contributed by atoms with Crippen LogP contribution in [0.2, 0.25) is 0 Å². The Morgan fingerprint density at radius 2 is 2.00 bits per heavy atom. The molecular formula is C13H28IN3. The minimum atomic E-state index is 0. The van der Waals surface area contributed by atoms with Gasteiger partial charge in [0.1, 0.15) is 0 Å². The molecule has 0 unspecified atom stereocenters. The number of guanidine groups is 1. The normalized spacial score (nSPS) is 15.6. The average molecular weight is 353 g/mol. The van der Waals surface area contributed by atoms with Crippen molar-refractivity contribution in [1.82, 2.24) is 10.6 Å². The van der Waals surface area contributed by atoms with Gasteiger partial charge in [-0.1, -0.05) is 13.8 Å². The predicted octanol–water partition coefficient (Wildman–Crippen LogP) is 3.01. The number of halogens is 1. The van der Waals surface area contributed by atoms with Crippen LogP contribution >= 0.6 is 24.0 Å². The molecule has 0 aliphatic heterocycles. The van der Waals surface area contributed by atoms with Gasteiger partial charge in [0.05, 0.1) is 0 Å². The number of aliphatic imine (C=N–C) groups is 1. The van der Waals surface area contributed by atoms with Crippen molar-refractivity contribution in [3.05, 3.63) is 0 Å². The summed E-state index contributed by atoms with van der Waals surface area (Å²) in [4.78, 5) is 4.59. The lowest BCUT2D eigenvalue weighted by Crippen LogP contribution is -2.38. The molecule has 1 aliphatic carbocycles. The van der Waals surface area contributed by atoms with Crippen LogP contribution in [0.3, 0.4) is 0 Å². The fourth-order valence-corrected chi connectivity index (χ4v) is 1.58. The fourth-order valence-electron chi connectivity index (χ4n) is 1.58.